The highest BCUT2D eigenvalue weighted by molar-refractivity contribution is 5.18. The van der Waals surface area contributed by atoms with E-state index in [9.17, 15) is 10.2 Å². The van der Waals surface area contributed by atoms with Gasteiger partial charge in [-0.1, -0.05) is 121 Å². The van der Waals surface area contributed by atoms with E-state index in [0.717, 1.165) is 22.3 Å². The maximum atomic E-state index is 12.3. The van der Waals surface area contributed by atoms with Crippen LogP contribution in [0.1, 0.15) is 22.3 Å². The van der Waals surface area contributed by atoms with Crippen molar-refractivity contribution < 1.29 is 29.2 Å². The Labute approximate surface area is 242 Å². The molecule has 0 saturated heterocycles. The van der Waals surface area contributed by atoms with E-state index in [0.29, 0.717) is 19.8 Å². The molecule has 5 rings (SSSR count). The van der Waals surface area contributed by atoms with E-state index in [1.807, 2.05) is 121 Å². The first-order valence-electron chi connectivity index (χ1n) is 14.1. The van der Waals surface area contributed by atoms with E-state index in [2.05, 4.69) is 0 Å². The van der Waals surface area contributed by atoms with Crippen LogP contribution < -0.4 is 0 Å². The van der Waals surface area contributed by atoms with Crippen LogP contribution in [0.15, 0.2) is 121 Å². The molecule has 2 N–H and O–H groups in total. The molecule has 1 saturated carbocycles. The second-order valence-corrected chi connectivity index (χ2v) is 10.5. The van der Waals surface area contributed by atoms with Gasteiger partial charge in [-0.3, -0.25) is 0 Å². The minimum absolute atomic E-state index is 0.0526. The van der Waals surface area contributed by atoms with Crippen molar-refractivity contribution in [1.82, 2.24) is 0 Å². The summed E-state index contributed by atoms with van der Waals surface area (Å²) >= 11 is 0. The fourth-order valence-electron chi connectivity index (χ4n) is 5.46. The second-order valence-electron chi connectivity index (χ2n) is 10.5. The summed E-state index contributed by atoms with van der Waals surface area (Å²) in [4.78, 5) is 0. The molecule has 0 spiro atoms. The second kappa shape index (κ2) is 14.5. The van der Waals surface area contributed by atoms with Crippen LogP contribution >= 0.6 is 0 Å². The van der Waals surface area contributed by atoms with E-state index < -0.39 is 29.8 Å². The lowest BCUT2D eigenvalue weighted by Crippen LogP contribution is -2.52. The average molecular weight is 555 g/mol. The zero-order valence-electron chi connectivity index (χ0n) is 23.1. The van der Waals surface area contributed by atoms with E-state index in [1.54, 1.807) is 0 Å². The van der Waals surface area contributed by atoms with Gasteiger partial charge in [0, 0.05) is 5.92 Å². The molecule has 0 amide bonds. The molecule has 4 aromatic rings. The van der Waals surface area contributed by atoms with Crippen LogP contribution in [0.4, 0.5) is 0 Å². The third kappa shape index (κ3) is 7.49. The molecule has 6 heteroatoms. The molecule has 6 nitrogen and oxygen atoms in total. The standard InChI is InChI=1S/C35H38O6/c36-21-31-32(39-23-28-15-7-2-8-16-28)33(40-24-29-17-9-3-10-18-29)34(41-25-30-19-11-4-12-20-30)35(31,37)26-38-22-27-13-5-1-6-14-27/h1-20,31-34,36-37H,21-26H2/t31-,32-,33+,34-,35-/m0/s1. The zero-order valence-corrected chi connectivity index (χ0v) is 23.1. The van der Waals surface area contributed by atoms with E-state index in [4.69, 9.17) is 18.9 Å². The highest BCUT2D eigenvalue weighted by Gasteiger charge is 2.62. The van der Waals surface area contributed by atoms with E-state index in [1.165, 1.54) is 0 Å². The lowest BCUT2D eigenvalue weighted by Gasteiger charge is -2.35. The van der Waals surface area contributed by atoms with Gasteiger partial charge >= 0.3 is 0 Å². The molecule has 5 atom stereocenters. The van der Waals surface area contributed by atoms with Gasteiger partial charge in [-0.15, -0.1) is 0 Å². The average Bonchev–Trinajstić information content (AvgIpc) is 3.25. The van der Waals surface area contributed by atoms with Crippen LogP contribution in [0.2, 0.25) is 0 Å². The topological polar surface area (TPSA) is 77.4 Å². The Morgan fingerprint density at radius 2 is 0.902 bits per heavy atom. The van der Waals surface area contributed by atoms with Crippen molar-refractivity contribution >= 4 is 0 Å². The molecule has 1 aliphatic carbocycles. The van der Waals surface area contributed by atoms with Gasteiger partial charge in [0.05, 0.1) is 45.7 Å². The maximum absolute atomic E-state index is 12.3. The number of aliphatic hydroxyl groups excluding tert-OH is 1. The summed E-state index contributed by atoms with van der Waals surface area (Å²) in [6, 6.07) is 39.3. The first kappa shape index (κ1) is 29.1. The predicted molar refractivity (Wildman–Crippen MR) is 157 cm³/mol. The molecule has 1 fully saturated rings. The number of rotatable bonds is 14. The summed E-state index contributed by atoms with van der Waals surface area (Å²) in [5.74, 6) is -0.705. The first-order valence-corrected chi connectivity index (χ1v) is 14.1. The molecular formula is C35H38O6. The summed E-state index contributed by atoms with van der Waals surface area (Å²) in [6.07, 6.45) is -2.12. The Morgan fingerprint density at radius 3 is 1.34 bits per heavy atom. The maximum Gasteiger partial charge on any atom is 0.124 e. The number of ether oxygens (including phenoxy) is 4. The minimum atomic E-state index is -1.57. The Bertz CT molecular complexity index is 1290. The molecule has 0 aliphatic heterocycles. The van der Waals surface area contributed by atoms with Gasteiger partial charge in [-0.25, -0.2) is 0 Å². The van der Waals surface area contributed by atoms with Gasteiger partial charge in [0.25, 0.3) is 0 Å². The van der Waals surface area contributed by atoms with E-state index >= 15 is 0 Å². The zero-order chi connectivity index (χ0) is 28.3. The molecule has 1 aliphatic rings. The number of hydrogen-bond acceptors (Lipinski definition) is 6. The summed E-state index contributed by atoms with van der Waals surface area (Å²) < 4.78 is 25.5. The molecule has 0 heterocycles. The molecule has 0 radical (unpaired) electrons. The molecule has 214 valence electrons. The van der Waals surface area contributed by atoms with Gasteiger partial charge in [0.15, 0.2) is 0 Å². The SMILES string of the molecule is OC[C@H]1[C@H](OCc2ccccc2)[C@@H](OCc2ccccc2)[C@H](OCc2ccccc2)[C@]1(O)COCc1ccccc1. The predicted octanol–water partition coefficient (Wildman–Crippen LogP) is 5.31. The molecule has 0 bridgehead atoms. The summed E-state index contributed by atoms with van der Waals surface area (Å²) in [5, 5.41) is 23.0. The smallest absolute Gasteiger partial charge is 0.124 e. The van der Waals surface area contributed by atoms with Gasteiger partial charge in [-0.2, -0.15) is 0 Å². The normalized spacial score (nSPS) is 24.0. The molecule has 0 unspecified atom stereocenters. The molecule has 41 heavy (non-hydrogen) atoms. The highest BCUT2D eigenvalue weighted by atomic mass is 16.6. The number of aliphatic hydroxyl groups is 2. The van der Waals surface area contributed by atoms with Gasteiger partial charge in [-0.05, 0) is 22.3 Å². The number of benzene rings is 4. The Kier molecular flexibility index (Phi) is 10.3. The van der Waals surface area contributed by atoms with Crippen molar-refractivity contribution in [3.05, 3.63) is 144 Å². The highest BCUT2D eigenvalue weighted by Crippen LogP contribution is 2.43. The lowest BCUT2D eigenvalue weighted by molar-refractivity contribution is -0.181. The third-order valence-corrected chi connectivity index (χ3v) is 7.64. The minimum Gasteiger partial charge on any atom is -0.396 e. The molecule has 4 aromatic carbocycles. The lowest BCUT2D eigenvalue weighted by atomic mass is 9.89. The Morgan fingerprint density at radius 1 is 0.512 bits per heavy atom. The van der Waals surface area contributed by atoms with Crippen LogP contribution in [0, 0.1) is 5.92 Å². The van der Waals surface area contributed by atoms with Crippen LogP contribution in [-0.2, 0) is 45.4 Å². The largest absolute Gasteiger partial charge is 0.396 e. The monoisotopic (exact) mass is 554 g/mol. The first-order chi connectivity index (χ1) is 20.2. The van der Waals surface area contributed by atoms with E-state index in [-0.39, 0.29) is 19.8 Å². The van der Waals surface area contributed by atoms with Crippen LogP contribution in [0.25, 0.3) is 0 Å². The van der Waals surface area contributed by atoms with Crippen molar-refractivity contribution in [2.45, 2.75) is 50.3 Å². The van der Waals surface area contributed by atoms with Crippen LogP contribution in [0.3, 0.4) is 0 Å². The fourth-order valence-corrected chi connectivity index (χ4v) is 5.46. The van der Waals surface area contributed by atoms with Crippen molar-refractivity contribution in [3.63, 3.8) is 0 Å². The van der Waals surface area contributed by atoms with Crippen molar-refractivity contribution in [2.75, 3.05) is 13.2 Å². The van der Waals surface area contributed by atoms with Crippen molar-refractivity contribution in [3.8, 4) is 0 Å². The van der Waals surface area contributed by atoms with Gasteiger partial charge < -0.3 is 29.2 Å². The summed E-state index contributed by atoms with van der Waals surface area (Å²) in [6.45, 7) is 0.823. The molecule has 0 aromatic heterocycles. The van der Waals surface area contributed by atoms with Crippen LogP contribution in [0.5, 0.6) is 0 Å². The quantitative estimate of drug-likeness (QED) is 0.220. The summed E-state index contributed by atoms with van der Waals surface area (Å²) in [7, 11) is 0. The number of hydrogen-bond donors (Lipinski definition) is 2. The van der Waals surface area contributed by atoms with Gasteiger partial charge in [0.2, 0.25) is 0 Å². The van der Waals surface area contributed by atoms with Crippen molar-refractivity contribution in [2.24, 2.45) is 5.92 Å². The Hall–Kier alpha value is -3.36. The third-order valence-electron chi connectivity index (χ3n) is 7.64. The molecular weight excluding hydrogens is 516 g/mol. The Balaban J connectivity index is 1.43. The fraction of sp³-hybridized carbons (Fsp3) is 0.314. The van der Waals surface area contributed by atoms with Crippen molar-refractivity contribution in [1.29, 1.82) is 0 Å². The van der Waals surface area contributed by atoms with Crippen LogP contribution in [-0.4, -0.2) is 47.3 Å². The summed E-state index contributed by atoms with van der Waals surface area (Å²) in [5.41, 5.74) is 2.37. The van der Waals surface area contributed by atoms with Gasteiger partial charge in [0.1, 0.15) is 17.8 Å².